The lowest BCUT2D eigenvalue weighted by molar-refractivity contribution is 0.126. The first-order valence-electron chi connectivity index (χ1n) is 4.57. The highest BCUT2D eigenvalue weighted by Gasteiger charge is 2.42. The third-order valence-electron chi connectivity index (χ3n) is 3.66. The smallest absolute Gasteiger partial charge is 0.0968 e. The fraction of sp³-hybridized carbons (Fsp3) is 0.889. The average molecular weight is 152 g/mol. The Balaban J connectivity index is 2.18. The zero-order valence-corrected chi connectivity index (χ0v) is 6.90. The van der Waals surface area contributed by atoms with Crippen LogP contribution in [0.2, 0.25) is 0 Å². The number of fused-ring (bicyclic) bond motifs is 3. The Labute approximate surface area is 67.7 Å². The molecule has 62 valence electrons. The molecule has 0 aliphatic heterocycles. The summed E-state index contributed by atoms with van der Waals surface area (Å²) >= 11 is 0. The Hall–Kier alpha value is -0.530. The Bertz CT molecular complexity index is 164. The van der Waals surface area contributed by atoms with Crippen molar-refractivity contribution in [2.24, 2.45) is 17.1 Å². The highest BCUT2D eigenvalue weighted by atomic mass is 14.8. The molecule has 0 unspecified atom stereocenters. The molecule has 2 heteroatoms. The van der Waals surface area contributed by atoms with Crippen LogP contribution in [0.4, 0.5) is 0 Å². The molecule has 2 nitrogen and oxygen atoms in total. The van der Waals surface area contributed by atoms with Crippen LogP contribution >= 0.6 is 0 Å². The van der Waals surface area contributed by atoms with Gasteiger partial charge in [-0.1, -0.05) is 0 Å². The summed E-state index contributed by atoms with van der Waals surface area (Å²) in [6.45, 7) is 0. The fourth-order valence-electron chi connectivity index (χ4n) is 2.65. The fourth-order valence-corrected chi connectivity index (χ4v) is 2.65. The van der Waals surface area contributed by atoms with Crippen LogP contribution in [0.1, 0.15) is 38.5 Å². The molecule has 3 rings (SSSR count). The predicted molar refractivity (Wildman–Crippen MR) is 45.5 cm³/mol. The van der Waals surface area contributed by atoms with Crippen molar-refractivity contribution in [3.05, 3.63) is 0 Å². The monoisotopic (exact) mass is 152 g/mol. The molecular weight excluding hydrogens is 136 g/mol. The van der Waals surface area contributed by atoms with Crippen LogP contribution in [0, 0.1) is 16.7 Å². The van der Waals surface area contributed by atoms with Crippen molar-refractivity contribution in [2.45, 2.75) is 38.5 Å². The minimum Gasteiger partial charge on any atom is -0.387 e. The van der Waals surface area contributed by atoms with E-state index in [2.05, 4.69) is 0 Å². The maximum atomic E-state index is 7.54. The van der Waals surface area contributed by atoms with Crippen molar-refractivity contribution in [2.75, 3.05) is 0 Å². The Morgan fingerprint density at radius 3 is 1.91 bits per heavy atom. The van der Waals surface area contributed by atoms with Gasteiger partial charge in [0.15, 0.2) is 0 Å². The first-order valence-corrected chi connectivity index (χ1v) is 4.57. The Kier molecular flexibility index (Phi) is 1.44. The zero-order chi connectivity index (χ0) is 7.90. The summed E-state index contributed by atoms with van der Waals surface area (Å²) in [5, 5.41) is 7.54. The highest BCUT2D eigenvalue weighted by Crippen LogP contribution is 2.49. The van der Waals surface area contributed by atoms with Crippen LogP contribution in [0.15, 0.2) is 0 Å². The van der Waals surface area contributed by atoms with Gasteiger partial charge in [-0.05, 0) is 44.4 Å². The topological polar surface area (TPSA) is 49.9 Å². The molecule has 0 aromatic carbocycles. The molecule has 3 N–H and O–H groups in total. The lowest BCUT2D eigenvalue weighted by Crippen LogP contribution is -2.43. The Morgan fingerprint density at radius 1 is 1.18 bits per heavy atom. The SMILES string of the molecule is N=C(N)C12CCC(CC1)CC2. The van der Waals surface area contributed by atoms with Gasteiger partial charge in [0.1, 0.15) is 0 Å². The predicted octanol–water partition coefficient (Wildman–Crippen LogP) is 1.89. The summed E-state index contributed by atoms with van der Waals surface area (Å²) in [7, 11) is 0. The quantitative estimate of drug-likeness (QED) is 0.437. The normalized spacial score (nSPS) is 42.4. The summed E-state index contributed by atoms with van der Waals surface area (Å²) in [6, 6.07) is 0. The second-order valence-electron chi connectivity index (χ2n) is 4.18. The number of amidine groups is 1. The number of rotatable bonds is 1. The van der Waals surface area contributed by atoms with E-state index in [1.165, 1.54) is 38.5 Å². The van der Waals surface area contributed by atoms with Crippen LogP contribution in [0.25, 0.3) is 0 Å². The number of hydrogen-bond donors (Lipinski definition) is 2. The molecule has 3 aliphatic rings. The highest BCUT2D eigenvalue weighted by molar-refractivity contribution is 5.83. The summed E-state index contributed by atoms with van der Waals surface area (Å²) in [4.78, 5) is 0. The van der Waals surface area contributed by atoms with E-state index in [1.54, 1.807) is 0 Å². The second kappa shape index (κ2) is 2.23. The van der Waals surface area contributed by atoms with Gasteiger partial charge < -0.3 is 5.73 Å². The first-order chi connectivity index (χ1) is 5.23. The van der Waals surface area contributed by atoms with Crippen molar-refractivity contribution in [3.63, 3.8) is 0 Å². The summed E-state index contributed by atoms with van der Waals surface area (Å²) in [6.07, 6.45) is 7.52. The van der Waals surface area contributed by atoms with Gasteiger partial charge >= 0.3 is 0 Å². The van der Waals surface area contributed by atoms with Gasteiger partial charge in [0.2, 0.25) is 0 Å². The molecule has 3 saturated carbocycles. The third kappa shape index (κ3) is 0.959. The van der Waals surface area contributed by atoms with Gasteiger partial charge in [0.05, 0.1) is 5.84 Å². The van der Waals surface area contributed by atoms with Crippen LogP contribution in [-0.2, 0) is 0 Å². The molecule has 11 heavy (non-hydrogen) atoms. The van der Waals surface area contributed by atoms with E-state index in [9.17, 15) is 0 Å². The molecule has 3 fully saturated rings. The molecule has 0 atom stereocenters. The summed E-state index contributed by atoms with van der Waals surface area (Å²) in [5.41, 5.74) is 5.77. The molecular formula is C9H16N2. The van der Waals surface area contributed by atoms with Gasteiger partial charge in [-0.3, -0.25) is 5.41 Å². The zero-order valence-electron chi connectivity index (χ0n) is 6.90. The van der Waals surface area contributed by atoms with Crippen LogP contribution in [0.5, 0.6) is 0 Å². The molecule has 3 aliphatic carbocycles. The molecule has 0 saturated heterocycles. The van der Waals surface area contributed by atoms with Crippen LogP contribution in [-0.4, -0.2) is 5.84 Å². The molecule has 2 bridgehead atoms. The van der Waals surface area contributed by atoms with E-state index in [0.717, 1.165) is 5.92 Å². The lowest BCUT2D eigenvalue weighted by atomic mass is 9.60. The summed E-state index contributed by atoms with van der Waals surface area (Å²) in [5.74, 6) is 1.42. The van der Waals surface area contributed by atoms with Crippen molar-refractivity contribution in [1.29, 1.82) is 5.41 Å². The average Bonchev–Trinajstić information content (AvgIpc) is 2.08. The van der Waals surface area contributed by atoms with Gasteiger partial charge in [-0.25, -0.2) is 0 Å². The van der Waals surface area contributed by atoms with E-state index < -0.39 is 0 Å². The van der Waals surface area contributed by atoms with E-state index in [4.69, 9.17) is 11.1 Å². The van der Waals surface area contributed by atoms with Crippen LogP contribution < -0.4 is 5.73 Å². The summed E-state index contributed by atoms with van der Waals surface area (Å²) < 4.78 is 0. The standard InChI is InChI=1S/C9H16N2/c10-8(11)9-4-1-7(2-5-9)3-6-9/h7H,1-6H2,(H3,10,11). The van der Waals surface area contributed by atoms with Crippen molar-refractivity contribution in [1.82, 2.24) is 0 Å². The largest absolute Gasteiger partial charge is 0.387 e. The second-order valence-corrected chi connectivity index (χ2v) is 4.18. The molecule has 0 aromatic rings. The van der Waals surface area contributed by atoms with Crippen molar-refractivity contribution in [3.8, 4) is 0 Å². The van der Waals surface area contributed by atoms with E-state index >= 15 is 0 Å². The number of nitrogens with one attached hydrogen (secondary N) is 1. The van der Waals surface area contributed by atoms with Gasteiger partial charge in [0, 0.05) is 5.41 Å². The third-order valence-corrected chi connectivity index (χ3v) is 3.66. The van der Waals surface area contributed by atoms with Crippen molar-refractivity contribution >= 4 is 5.84 Å². The van der Waals surface area contributed by atoms with Crippen LogP contribution in [0.3, 0.4) is 0 Å². The molecule has 0 heterocycles. The Morgan fingerprint density at radius 2 is 1.64 bits per heavy atom. The minimum atomic E-state index is 0.148. The maximum Gasteiger partial charge on any atom is 0.0968 e. The van der Waals surface area contributed by atoms with E-state index in [-0.39, 0.29) is 5.41 Å². The van der Waals surface area contributed by atoms with E-state index in [1.807, 2.05) is 0 Å². The van der Waals surface area contributed by atoms with Crippen molar-refractivity contribution < 1.29 is 0 Å². The molecule has 0 amide bonds. The van der Waals surface area contributed by atoms with Gasteiger partial charge in [0.25, 0.3) is 0 Å². The maximum absolute atomic E-state index is 7.54. The number of hydrogen-bond acceptors (Lipinski definition) is 1. The number of nitrogens with two attached hydrogens (primary N) is 1. The molecule has 0 aromatic heterocycles. The minimum absolute atomic E-state index is 0.148. The lowest BCUT2D eigenvalue weighted by Gasteiger charge is -2.45. The van der Waals surface area contributed by atoms with Gasteiger partial charge in [-0.15, -0.1) is 0 Å². The van der Waals surface area contributed by atoms with Gasteiger partial charge in [-0.2, -0.15) is 0 Å². The molecule has 0 radical (unpaired) electrons. The van der Waals surface area contributed by atoms with E-state index in [0.29, 0.717) is 5.84 Å². The molecule has 0 spiro atoms. The first kappa shape index (κ1) is 7.14.